The van der Waals surface area contributed by atoms with E-state index in [0.29, 0.717) is 5.41 Å². The normalized spacial score (nSPS) is 17.9. The van der Waals surface area contributed by atoms with E-state index in [1.807, 2.05) is 12.1 Å². The number of benzene rings is 1. The van der Waals surface area contributed by atoms with Crippen LogP contribution in [-0.4, -0.2) is 17.7 Å². The molecule has 0 spiro atoms. The summed E-state index contributed by atoms with van der Waals surface area (Å²) in [6.45, 7) is 4.61. The van der Waals surface area contributed by atoms with Crippen LogP contribution in [0.25, 0.3) is 0 Å². The molecule has 1 saturated carbocycles. The zero-order valence-corrected chi connectivity index (χ0v) is 10.9. The minimum absolute atomic E-state index is 0.173. The predicted octanol–water partition coefficient (Wildman–Crippen LogP) is 2.66. The molecule has 18 heavy (non-hydrogen) atoms. The summed E-state index contributed by atoms with van der Waals surface area (Å²) in [5.74, 6) is 0. The highest BCUT2D eigenvalue weighted by Gasteiger charge is 2.37. The Morgan fingerprint density at radius 2 is 2.00 bits per heavy atom. The highest BCUT2D eigenvalue weighted by molar-refractivity contribution is 5.89. The van der Waals surface area contributed by atoms with Gasteiger partial charge in [-0.15, -0.1) is 0 Å². The molecule has 0 radical (unpaired) electrons. The molecule has 0 aromatic heterocycles. The van der Waals surface area contributed by atoms with Gasteiger partial charge in [-0.3, -0.25) is 0 Å². The van der Waals surface area contributed by atoms with Crippen molar-refractivity contribution < 1.29 is 9.90 Å². The molecule has 1 atom stereocenters. The molecule has 1 aliphatic rings. The number of aliphatic hydroxyl groups is 1. The number of urea groups is 1. The molecule has 1 unspecified atom stereocenters. The first-order valence-corrected chi connectivity index (χ1v) is 6.31. The molecule has 2 rings (SSSR count). The van der Waals surface area contributed by atoms with E-state index in [-0.39, 0.29) is 6.03 Å². The molecule has 98 valence electrons. The highest BCUT2D eigenvalue weighted by atomic mass is 16.3. The molecule has 4 nitrogen and oxygen atoms in total. The lowest BCUT2D eigenvalue weighted by Gasteiger charge is -2.12. The van der Waals surface area contributed by atoms with E-state index in [0.717, 1.165) is 17.8 Å². The number of anilines is 1. The monoisotopic (exact) mass is 248 g/mol. The summed E-state index contributed by atoms with van der Waals surface area (Å²) in [4.78, 5) is 11.6. The Bertz CT molecular complexity index is 422. The fraction of sp³-hybridized carbons (Fsp3) is 0.500. The number of nitrogens with one attached hydrogen (secondary N) is 2. The van der Waals surface area contributed by atoms with Gasteiger partial charge in [-0.1, -0.05) is 19.1 Å². The Hall–Kier alpha value is -1.55. The van der Waals surface area contributed by atoms with E-state index < -0.39 is 6.10 Å². The molecule has 2 amide bonds. The van der Waals surface area contributed by atoms with Crippen LogP contribution < -0.4 is 10.6 Å². The second-order valence-corrected chi connectivity index (χ2v) is 5.42. The van der Waals surface area contributed by atoms with Gasteiger partial charge in [0, 0.05) is 12.2 Å². The highest BCUT2D eigenvalue weighted by Crippen LogP contribution is 2.43. The van der Waals surface area contributed by atoms with Gasteiger partial charge in [-0.05, 0) is 42.9 Å². The number of aliphatic hydroxyl groups excluding tert-OH is 1. The fourth-order valence-electron chi connectivity index (χ4n) is 1.70. The SMILES string of the molecule is CC(O)c1ccc(NC(=O)NCC2(C)CC2)cc1. The summed E-state index contributed by atoms with van der Waals surface area (Å²) in [6.07, 6.45) is 1.90. The first-order valence-electron chi connectivity index (χ1n) is 6.31. The lowest BCUT2D eigenvalue weighted by atomic mass is 10.1. The quantitative estimate of drug-likeness (QED) is 0.767. The number of carbonyl (C=O) groups excluding carboxylic acids is 1. The fourth-order valence-corrected chi connectivity index (χ4v) is 1.70. The van der Waals surface area contributed by atoms with E-state index in [1.54, 1.807) is 19.1 Å². The topological polar surface area (TPSA) is 61.4 Å². The van der Waals surface area contributed by atoms with Crippen molar-refractivity contribution >= 4 is 11.7 Å². The van der Waals surface area contributed by atoms with Crippen molar-refractivity contribution in [2.75, 3.05) is 11.9 Å². The molecule has 0 aliphatic heterocycles. The van der Waals surface area contributed by atoms with Crippen LogP contribution in [0.1, 0.15) is 38.4 Å². The third kappa shape index (κ3) is 3.47. The van der Waals surface area contributed by atoms with Gasteiger partial charge in [-0.25, -0.2) is 4.79 Å². The maximum absolute atomic E-state index is 11.6. The van der Waals surface area contributed by atoms with Crippen LogP contribution >= 0.6 is 0 Å². The average Bonchev–Trinajstić information content (AvgIpc) is 3.06. The maximum atomic E-state index is 11.6. The summed E-state index contributed by atoms with van der Waals surface area (Å²) in [5, 5.41) is 15.0. The summed E-state index contributed by atoms with van der Waals surface area (Å²) < 4.78 is 0. The van der Waals surface area contributed by atoms with Gasteiger partial charge in [0.1, 0.15) is 0 Å². The van der Waals surface area contributed by atoms with E-state index in [4.69, 9.17) is 0 Å². The average molecular weight is 248 g/mol. The van der Waals surface area contributed by atoms with Gasteiger partial charge in [0.2, 0.25) is 0 Å². The minimum atomic E-state index is -0.484. The molecular weight excluding hydrogens is 228 g/mol. The van der Waals surface area contributed by atoms with Crippen molar-refractivity contribution in [3.05, 3.63) is 29.8 Å². The molecule has 1 aliphatic carbocycles. The number of hydrogen-bond acceptors (Lipinski definition) is 2. The molecule has 0 heterocycles. The van der Waals surface area contributed by atoms with Crippen LogP contribution in [-0.2, 0) is 0 Å². The van der Waals surface area contributed by atoms with E-state index >= 15 is 0 Å². The Morgan fingerprint density at radius 1 is 1.39 bits per heavy atom. The molecule has 4 heteroatoms. The van der Waals surface area contributed by atoms with Crippen molar-refractivity contribution in [3.8, 4) is 0 Å². The standard InChI is InChI=1S/C14H20N2O2/c1-10(17)11-3-5-12(6-4-11)16-13(18)15-9-14(2)7-8-14/h3-6,10,17H,7-9H2,1-2H3,(H2,15,16,18). The van der Waals surface area contributed by atoms with Crippen LogP contribution in [0.2, 0.25) is 0 Å². The summed E-state index contributed by atoms with van der Waals surface area (Å²) in [7, 11) is 0. The van der Waals surface area contributed by atoms with E-state index in [1.165, 1.54) is 12.8 Å². The second kappa shape index (κ2) is 4.98. The maximum Gasteiger partial charge on any atom is 0.319 e. The molecule has 1 aromatic rings. The molecule has 3 N–H and O–H groups in total. The summed E-state index contributed by atoms with van der Waals surface area (Å²) in [6, 6.07) is 7.03. The van der Waals surface area contributed by atoms with Crippen molar-refractivity contribution in [1.29, 1.82) is 0 Å². The van der Waals surface area contributed by atoms with Gasteiger partial charge in [0.05, 0.1) is 6.10 Å². The van der Waals surface area contributed by atoms with Gasteiger partial charge in [0.15, 0.2) is 0 Å². The van der Waals surface area contributed by atoms with Crippen molar-refractivity contribution in [2.45, 2.75) is 32.8 Å². The van der Waals surface area contributed by atoms with Crippen molar-refractivity contribution in [3.63, 3.8) is 0 Å². The number of amides is 2. The van der Waals surface area contributed by atoms with E-state index in [9.17, 15) is 9.90 Å². The molecule has 1 aromatic carbocycles. The number of rotatable bonds is 4. The predicted molar refractivity (Wildman–Crippen MR) is 71.4 cm³/mol. The van der Waals surface area contributed by atoms with Crippen LogP contribution in [0.5, 0.6) is 0 Å². The Morgan fingerprint density at radius 3 is 2.50 bits per heavy atom. The molecular formula is C14H20N2O2. The third-order valence-electron chi connectivity index (χ3n) is 3.43. The van der Waals surface area contributed by atoms with Crippen LogP contribution in [0.3, 0.4) is 0 Å². The molecule has 0 saturated heterocycles. The largest absolute Gasteiger partial charge is 0.389 e. The number of carbonyl (C=O) groups is 1. The van der Waals surface area contributed by atoms with Gasteiger partial charge < -0.3 is 15.7 Å². The molecule has 0 bridgehead atoms. The smallest absolute Gasteiger partial charge is 0.319 e. The van der Waals surface area contributed by atoms with Crippen LogP contribution in [0.15, 0.2) is 24.3 Å². The lowest BCUT2D eigenvalue weighted by molar-refractivity contribution is 0.199. The third-order valence-corrected chi connectivity index (χ3v) is 3.43. The summed E-state index contributed by atoms with van der Waals surface area (Å²) in [5.41, 5.74) is 1.89. The van der Waals surface area contributed by atoms with Crippen molar-refractivity contribution in [1.82, 2.24) is 5.32 Å². The van der Waals surface area contributed by atoms with Crippen molar-refractivity contribution in [2.24, 2.45) is 5.41 Å². The van der Waals surface area contributed by atoms with Gasteiger partial charge in [-0.2, -0.15) is 0 Å². The second-order valence-electron chi connectivity index (χ2n) is 5.42. The first-order chi connectivity index (χ1) is 8.48. The Labute approximate surface area is 107 Å². The minimum Gasteiger partial charge on any atom is -0.389 e. The summed E-state index contributed by atoms with van der Waals surface area (Å²) >= 11 is 0. The van der Waals surface area contributed by atoms with Crippen LogP contribution in [0, 0.1) is 5.41 Å². The molecule has 1 fully saturated rings. The first kappa shape index (κ1) is 12.9. The zero-order chi connectivity index (χ0) is 13.2. The Kier molecular flexibility index (Phi) is 3.57. The van der Waals surface area contributed by atoms with E-state index in [2.05, 4.69) is 17.6 Å². The van der Waals surface area contributed by atoms with Gasteiger partial charge in [0.25, 0.3) is 0 Å². The Balaban J connectivity index is 1.82. The van der Waals surface area contributed by atoms with Gasteiger partial charge >= 0.3 is 6.03 Å². The number of hydrogen-bond donors (Lipinski definition) is 3. The lowest BCUT2D eigenvalue weighted by Crippen LogP contribution is -2.32. The zero-order valence-electron chi connectivity index (χ0n) is 10.9. The van der Waals surface area contributed by atoms with Crippen LogP contribution in [0.4, 0.5) is 10.5 Å².